The zero-order chi connectivity index (χ0) is 11.1. The summed E-state index contributed by atoms with van der Waals surface area (Å²) in [7, 11) is 0. The molecule has 0 saturated carbocycles. The van der Waals surface area contributed by atoms with E-state index < -0.39 is 0 Å². The second-order valence-electron chi connectivity index (χ2n) is 3.51. The first-order valence-electron chi connectivity index (χ1n) is 5.30. The van der Waals surface area contributed by atoms with Gasteiger partial charge in [0.15, 0.2) is 0 Å². The van der Waals surface area contributed by atoms with Crippen LogP contribution in [0.5, 0.6) is 0 Å². The highest BCUT2D eigenvalue weighted by atomic mass is 35.5. The van der Waals surface area contributed by atoms with Gasteiger partial charge in [-0.15, -0.1) is 0 Å². The number of hydrogen-bond donors (Lipinski definition) is 0. The van der Waals surface area contributed by atoms with Crippen molar-refractivity contribution in [3.8, 4) is 0 Å². The summed E-state index contributed by atoms with van der Waals surface area (Å²) in [4.78, 5) is 8.52. The van der Waals surface area contributed by atoms with E-state index in [0.717, 1.165) is 17.3 Å². The molecule has 2 nitrogen and oxygen atoms in total. The molecule has 0 aromatic carbocycles. The molecule has 15 heavy (non-hydrogen) atoms. The molecule has 1 aromatic heterocycles. The van der Waals surface area contributed by atoms with E-state index in [2.05, 4.69) is 16.9 Å². The van der Waals surface area contributed by atoms with Crippen LogP contribution in [0.2, 0.25) is 5.15 Å². The van der Waals surface area contributed by atoms with Gasteiger partial charge < -0.3 is 0 Å². The molecule has 0 spiro atoms. The lowest BCUT2D eigenvalue weighted by atomic mass is 10.3. The van der Waals surface area contributed by atoms with Crippen LogP contribution in [0.4, 0.5) is 0 Å². The van der Waals surface area contributed by atoms with Crippen molar-refractivity contribution in [2.45, 2.75) is 38.9 Å². The van der Waals surface area contributed by atoms with Crippen LogP contribution in [0.1, 0.15) is 37.7 Å². The largest absolute Gasteiger partial charge is 0.237 e. The maximum absolute atomic E-state index is 5.85. The first-order chi connectivity index (χ1) is 7.22. The van der Waals surface area contributed by atoms with Gasteiger partial charge >= 0.3 is 0 Å². The maximum atomic E-state index is 5.85. The Labute approximate surface area is 101 Å². The number of nitrogens with zero attached hydrogens (tertiary/aromatic N) is 2. The molecule has 0 bridgehead atoms. The summed E-state index contributed by atoms with van der Waals surface area (Å²) >= 11 is 7.73. The topological polar surface area (TPSA) is 25.8 Å². The normalized spacial score (nSPS) is 10.6. The van der Waals surface area contributed by atoms with Crippen molar-refractivity contribution in [2.75, 3.05) is 5.75 Å². The molecule has 0 amide bonds. The highest BCUT2D eigenvalue weighted by Crippen LogP contribution is 2.14. The predicted octanol–water partition coefficient (Wildman–Crippen LogP) is 3.86. The zero-order valence-electron chi connectivity index (χ0n) is 9.29. The summed E-state index contributed by atoms with van der Waals surface area (Å²) in [5, 5.41) is 0.548. The minimum Gasteiger partial charge on any atom is -0.237 e. The summed E-state index contributed by atoms with van der Waals surface area (Å²) < 4.78 is 0. The van der Waals surface area contributed by atoms with Crippen LogP contribution >= 0.6 is 23.4 Å². The van der Waals surface area contributed by atoms with Crippen molar-refractivity contribution in [3.63, 3.8) is 0 Å². The minimum absolute atomic E-state index is 0.548. The first kappa shape index (κ1) is 12.8. The second-order valence-corrected chi connectivity index (χ2v) is 5.00. The Morgan fingerprint density at radius 1 is 1.33 bits per heavy atom. The molecule has 0 aliphatic carbocycles. The molecule has 1 aromatic rings. The van der Waals surface area contributed by atoms with Gasteiger partial charge in [-0.3, -0.25) is 0 Å². The van der Waals surface area contributed by atoms with Gasteiger partial charge in [-0.25, -0.2) is 9.97 Å². The van der Waals surface area contributed by atoms with Gasteiger partial charge in [0.1, 0.15) is 11.0 Å². The van der Waals surface area contributed by atoms with Crippen molar-refractivity contribution in [2.24, 2.45) is 0 Å². The fourth-order valence-corrected chi connectivity index (χ4v) is 2.39. The lowest BCUT2D eigenvalue weighted by molar-refractivity contribution is 0.778. The number of aromatic nitrogens is 2. The highest BCUT2D eigenvalue weighted by Gasteiger charge is 2.00. The van der Waals surface area contributed by atoms with Crippen LogP contribution in [0.3, 0.4) is 0 Å². The molecule has 0 N–H and O–H groups in total. The molecule has 0 atom stereocenters. The number of aryl methyl sites for hydroxylation is 1. The van der Waals surface area contributed by atoms with Crippen molar-refractivity contribution in [3.05, 3.63) is 22.7 Å². The standard InChI is InChI=1S/C11H17ClN2S/c1-3-4-5-6-15-8-11-13-9(2)7-10(12)14-11/h7H,3-6,8H2,1-2H3. The minimum atomic E-state index is 0.548. The zero-order valence-corrected chi connectivity index (χ0v) is 10.9. The third-order valence-corrected chi connectivity index (χ3v) is 3.23. The molecule has 1 heterocycles. The average molecular weight is 245 g/mol. The lowest BCUT2D eigenvalue weighted by Gasteiger charge is -2.02. The monoisotopic (exact) mass is 244 g/mol. The first-order valence-corrected chi connectivity index (χ1v) is 6.83. The van der Waals surface area contributed by atoms with Crippen molar-refractivity contribution < 1.29 is 0 Å². The molecular weight excluding hydrogens is 228 g/mol. The number of thioether (sulfide) groups is 1. The third-order valence-electron chi connectivity index (χ3n) is 1.99. The molecule has 0 radical (unpaired) electrons. The van der Waals surface area contributed by atoms with Gasteiger partial charge in [0.2, 0.25) is 0 Å². The van der Waals surface area contributed by atoms with Crippen molar-refractivity contribution in [1.82, 2.24) is 9.97 Å². The van der Waals surface area contributed by atoms with Crippen molar-refractivity contribution in [1.29, 1.82) is 0 Å². The quantitative estimate of drug-likeness (QED) is 0.561. The predicted molar refractivity (Wildman–Crippen MR) is 67.5 cm³/mol. The van der Waals surface area contributed by atoms with E-state index in [9.17, 15) is 0 Å². The summed E-state index contributed by atoms with van der Waals surface area (Å²) in [6.07, 6.45) is 3.86. The number of unbranched alkanes of at least 4 members (excludes halogenated alkanes) is 2. The van der Waals surface area contributed by atoms with E-state index in [1.807, 2.05) is 18.7 Å². The van der Waals surface area contributed by atoms with Crippen molar-refractivity contribution >= 4 is 23.4 Å². The number of hydrogen-bond acceptors (Lipinski definition) is 3. The van der Waals surface area contributed by atoms with Gasteiger partial charge in [-0.2, -0.15) is 11.8 Å². The Morgan fingerprint density at radius 3 is 2.80 bits per heavy atom. The van der Waals surface area contributed by atoms with Crippen LogP contribution < -0.4 is 0 Å². The Balaban J connectivity index is 2.31. The average Bonchev–Trinajstić information content (AvgIpc) is 2.16. The summed E-state index contributed by atoms with van der Waals surface area (Å²) in [5.41, 5.74) is 0.944. The van der Waals surface area contributed by atoms with E-state index in [1.54, 1.807) is 6.07 Å². The maximum Gasteiger partial charge on any atom is 0.140 e. The van der Waals surface area contributed by atoms with Crippen LogP contribution in [0, 0.1) is 6.92 Å². The van der Waals surface area contributed by atoms with Crippen LogP contribution in [0.15, 0.2) is 6.07 Å². The van der Waals surface area contributed by atoms with E-state index in [-0.39, 0.29) is 0 Å². The van der Waals surface area contributed by atoms with E-state index >= 15 is 0 Å². The van der Waals surface area contributed by atoms with Crippen LogP contribution in [-0.2, 0) is 5.75 Å². The fourth-order valence-electron chi connectivity index (χ4n) is 1.27. The summed E-state index contributed by atoms with van der Waals surface area (Å²) in [6, 6.07) is 1.78. The fraction of sp³-hybridized carbons (Fsp3) is 0.636. The highest BCUT2D eigenvalue weighted by molar-refractivity contribution is 7.98. The molecule has 0 aliphatic rings. The van der Waals surface area contributed by atoms with Gasteiger partial charge in [0.05, 0.1) is 5.75 Å². The van der Waals surface area contributed by atoms with Gasteiger partial charge in [0.25, 0.3) is 0 Å². The van der Waals surface area contributed by atoms with E-state index in [1.165, 1.54) is 25.0 Å². The molecule has 0 fully saturated rings. The summed E-state index contributed by atoms with van der Waals surface area (Å²) in [5.74, 6) is 2.90. The van der Waals surface area contributed by atoms with Gasteiger partial charge in [-0.1, -0.05) is 31.4 Å². The van der Waals surface area contributed by atoms with E-state index in [0.29, 0.717) is 5.15 Å². The molecule has 1 rings (SSSR count). The van der Waals surface area contributed by atoms with Crippen LogP contribution in [0.25, 0.3) is 0 Å². The molecule has 0 saturated heterocycles. The second kappa shape index (κ2) is 7.07. The van der Waals surface area contributed by atoms with E-state index in [4.69, 9.17) is 11.6 Å². The smallest absolute Gasteiger partial charge is 0.140 e. The Kier molecular flexibility index (Phi) is 6.03. The number of halogens is 1. The molecule has 0 unspecified atom stereocenters. The molecule has 4 heteroatoms. The Hall–Kier alpha value is -0.280. The molecule has 0 aliphatic heterocycles. The number of rotatable bonds is 6. The Morgan fingerprint density at radius 2 is 2.13 bits per heavy atom. The molecular formula is C11H17ClN2S. The van der Waals surface area contributed by atoms with Crippen LogP contribution in [-0.4, -0.2) is 15.7 Å². The molecule has 84 valence electrons. The third kappa shape index (κ3) is 5.38. The van der Waals surface area contributed by atoms with Gasteiger partial charge in [0, 0.05) is 5.69 Å². The Bertz CT molecular complexity index is 284. The summed E-state index contributed by atoms with van der Waals surface area (Å²) in [6.45, 7) is 4.16. The van der Waals surface area contributed by atoms with Gasteiger partial charge in [-0.05, 0) is 25.2 Å². The lowest BCUT2D eigenvalue weighted by Crippen LogP contribution is -1.95. The SMILES string of the molecule is CCCCCSCc1nc(C)cc(Cl)n1.